The van der Waals surface area contributed by atoms with Crippen molar-refractivity contribution in [3.8, 4) is 5.75 Å². The molecule has 0 aromatic heterocycles. The van der Waals surface area contributed by atoms with E-state index in [-0.39, 0.29) is 5.91 Å². The minimum Gasteiger partial charge on any atom is -0.497 e. The molecule has 1 saturated heterocycles. The molecule has 1 unspecified atom stereocenters. The first-order valence-corrected chi connectivity index (χ1v) is 10.6. The van der Waals surface area contributed by atoms with E-state index >= 15 is 0 Å². The van der Waals surface area contributed by atoms with Crippen molar-refractivity contribution in [2.24, 2.45) is 0 Å². The molecule has 2 amide bonds. The summed E-state index contributed by atoms with van der Waals surface area (Å²) in [5, 5.41) is 6.32. The summed E-state index contributed by atoms with van der Waals surface area (Å²) in [7, 11) is 1.62. The van der Waals surface area contributed by atoms with E-state index in [0.29, 0.717) is 18.7 Å². The van der Waals surface area contributed by atoms with E-state index in [1.54, 1.807) is 12.0 Å². The van der Waals surface area contributed by atoms with Gasteiger partial charge in [0, 0.05) is 12.2 Å². The molecule has 2 aromatic rings. The number of para-hydroxylation sites is 2. The van der Waals surface area contributed by atoms with Crippen molar-refractivity contribution in [3.63, 3.8) is 0 Å². The highest BCUT2D eigenvalue weighted by molar-refractivity contribution is 5.99. The predicted octanol–water partition coefficient (Wildman–Crippen LogP) is 5.17. The number of benzene rings is 2. The van der Waals surface area contributed by atoms with Gasteiger partial charge in [-0.25, -0.2) is 4.79 Å². The number of amides is 2. The lowest BCUT2D eigenvalue weighted by atomic mass is 10.0. The molecule has 31 heavy (non-hydrogen) atoms. The molecule has 0 radical (unpaired) electrons. The fourth-order valence-corrected chi connectivity index (χ4v) is 3.49. The van der Waals surface area contributed by atoms with Gasteiger partial charge in [0.1, 0.15) is 17.4 Å². The van der Waals surface area contributed by atoms with Crippen LogP contribution in [0.4, 0.5) is 21.9 Å². The second kappa shape index (κ2) is 9.73. The average Bonchev–Trinajstić information content (AvgIpc) is 2.74. The molecule has 166 valence electrons. The van der Waals surface area contributed by atoms with Gasteiger partial charge >= 0.3 is 6.09 Å². The van der Waals surface area contributed by atoms with Crippen molar-refractivity contribution in [3.05, 3.63) is 48.5 Å². The molecule has 0 saturated carbocycles. The SMILES string of the molecule is COc1ccc(Nc2ccccc2NC(=O)C2CCCCN2C(=O)OC(C)(C)C)cc1. The molecule has 1 atom stereocenters. The largest absolute Gasteiger partial charge is 0.497 e. The lowest BCUT2D eigenvalue weighted by molar-refractivity contribution is -0.122. The van der Waals surface area contributed by atoms with Crippen LogP contribution < -0.4 is 15.4 Å². The summed E-state index contributed by atoms with van der Waals surface area (Å²) in [5.74, 6) is 0.557. The minimum absolute atomic E-state index is 0.213. The van der Waals surface area contributed by atoms with Gasteiger partial charge in [0.25, 0.3) is 0 Å². The standard InChI is InChI=1S/C24H31N3O4/c1-24(2,3)31-23(29)27-16-8-7-11-21(27)22(28)26-20-10-6-5-9-19(20)25-17-12-14-18(30-4)15-13-17/h5-6,9-10,12-15,21,25H,7-8,11,16H2,1-4H3,(H,26,28). The van der Waals surface area contributed by atoms with Crippen molar-refractivity contribution in [2.45, 2.75) is 51.7 Å². The van der Waals surface area contributed by atoms with Gasteiger partial charge in [-0.15, -0.1) is 0 Å². The Morgan fingerprint density at radius 1 is 1.00 bits per heavy atom. The smallest absolute Gasteiger partial charge is 0.410 e. The number of piperidine rings is 1. The molecule has 1 aliphatic rings. The lowest BCUT2D eigenvalue weighted by Gasteiger charge is -2.35. The number of methoxy groups -OCH3 is 1. The zero-order valence-corrected chi connectivity index (χ0v) is 18.6. The van der Waals surface area contributed by atoms with E-state index in [0.717, 1.165) is 30.0 Å². The zero-order valence-electron chi connectivity index (χ0n) is 18.6. The van der Waals surface area contributed by atoms with Gasteiger partial charge in [0.05, 0.1) is 18.5 Å². The van der Waals surface area contributed by atoms with Crippen LogP contribution in [0, 0.1) is 0 Å². The fraction of sp³-hybridized carbons (Fsp3) is 0.417. The molecule has 1 fully saturated rings. The Labute approximate surface area is 183 Å². The van der Waals surface area contributed by atoms with Crippen LogP contribution >= 0.6 is 0 Å². The Bertz CT molecular complexity index is 906. The molecular weight excluding hydrogens is 394 g/mol. The molecule has 0 aliphatic carbocycles. The van der Waals surface area contributed by atoms with Crippen molar-refractivity contribution >= 4 is 29.1 Å². The van der Waals surface area contributed by atoms with E-state index in [4.69, 9.17) is 9.47 Å². The molecule has 0 bridgehead atoms. The van der Waals surface area contributed by atoms with Crippen LogP contribution in [0.2, 0.25) is 0 Å². The molecule has 2 N–H and O–H groups in total. The van der Waals surface area contributed by atoms with Crippen LogP contribution in [0.5, 0.6) is 5.75 Å². The van der Waals surface area contributed by atoms with Gasteiger partial charge in [-0.1, -0.05) is 12.1 Å². The van der Waals surface area contributed by atoms with Gasteiger partial charge in [-0.3, -0.25) is 9.69 Å². The molecule has 1 aliphatic heterocycles. The maximum Gasteiger partial charge on any atom is 0.410 e. The first-order chi connectivity index (χ1) is 14.8. The maximum atomic E-state index is 13.1. The minimum atomic E-state index is -0.607. The van der Waals surface area contributed by atoms with Crippen molar-refractivity contribution in [2.75, 3.05) is 24.3 Å². The number of hydrogen-bond acceptors (Lipinski definition) is 5. The second-order valence-corrected chi connectivity index (χ2v) is 8.57. The highest BCUT2D eigenvalue weighted by Gasteiger charge is 2.35. The van der Waals surface area contributed by atoms with Crippen LogP contribution in [0.25, 0.3) is 0 Å². The van der Waals surface area contributed by atoms with Gasteiger partial charge in [-0.05, 0) is 76.4 Å². The summed E-state index contributed by atoms with van der Waals surface area (Å²) in [4.78, 5) is 27.3. The molecule has 1 heterocycles. The third kappa shape index (κ3) is 6.13. The fourth-order valence-electron chi connectivity index (χ4n) is 3.49. The maximum absolute atomic E-state index is 13.1. The number of ether oxygens (including phenoxy) is 2. The molecular formula is C24H31N3O4. The molecule has 2 aromatic carbocycles. The Kier molecular flexibility index (Phi) is 7.05. The van der Waals surface area contributed by atoms with E-state index in [1.165, 1.54) is 0 Å². The van der Waals surface area contributed by atoms with Crippen molar-refractivity contribution in [1.29, 1.82) is 0 Å². The molecule has 3 rings (SSSR count). The third-order valence-corrected chi connectivity index (χ3v) is 4.99. The summed E-state index contributed by atoms with van der Waals surface area (Å²) >= 11 is 0. The highest BCUT2D eigenvalue weighted by Crippen LogP contribution is 2.28. The predicted molar refractivity (Wildman–Crippen MR) is 122 cm³/mol. The average molecular weight is 426 g/mol. The summed E-state index contributed by atoms with van der Waals surface area (Å²) in [6.07, 6.45) is 1.91. The number of carbonyl (C=O) groups is 2. The Hall–Kier alpha value is -3.22. The highest BCUT2D eigenvalue weighted by atomic mass is 16.6. The van der Waals surface area contributed by atoms with Crippen LogP contribution in [0.1, 0.15) is 40.0 Å². The number of carbonyl (C=O) groups excluding carboxylic acids is 2. The van der Waals surface area contributed by atoms with E-state index in [2.05, 4.69) is 10.6 Å². The third-order valence-electron chi connectivity index (χ3n) is 4.99. The normalized spacial score (nSPS) is 16.4. The topological polar surface area (TPSA) is 79.9 Å². The van der Waals surface area contributed by atoms with E-state index in [9.17, 15) is 9.59 Å². The van der Waals surface area contributed by atoms with Crippen LogP contribution in [0.15, 0.2) is 48.5 Å². The van der Waals surface area contributed by atoms with E-state index < -0.39 is 17.7 Å². The number of nitrogens with one attached hydrogen (secondary N) is 2. The Morgan fingerprint density at radius 3 is 2.32 bits per heavy atom. The lowest BCUT2D eigenvalue weighted by Crippen LogP contribution is -2.51. The quantitative estimate of drug-likeness (QED) is 0.691. The number of nitrogens with zero attached hydrogens (tertiary/aromatic N) is 1. The molecule has 0 spiro atoms. The Balaban J connectivity index is 1.73. The number of anilines is 3. The summed E-state index contributed by atoms with van der Waals surface area (Å²) in [5.41, 5.74) is 1.68. The number of rotatable bonds is 5. The number of likely N-dealkylation sites (tertiary alicyclic amines) is 1. The van der Waals surface area contributed by atoms with Gasteiger partial charge in [0.2, 0.25) is 5.91 Å². The van der Waals surface area contributed by atoms with Crippen LogP contribution in [0.3, 0.4) is 0 Å². The summed E-state index contributed by atoms with van der Waals surface area (Å²) < 4.78 is 10.7. The monoisotopic (exact) mass is 425 g/mol. The number of hydrogen-bond donors (Lipinski definition) is 2. The van der Waals surface area contributed by atoms with Crippen molar-refractivity contribution in [1.82, 2.24) is 4.90 Å². The van der Waals surface area contributed by atoms with Gasteiger partial charge < -0.3 is 20.1 Å². The molecule has 7 heteroatoms. The zero-order chi connectivity index (χ0) is 22.4. The van der Waals surface area contributed by atoms with E-state index in [1.807, 2.05) is 69.3 Å². The van der Waals surface area contributed by atoms with Crippen LogP contribution in [-0.4, -0.2) is 42.2 Å². The Morgan fingerprint density at radius 2 is 1.68 bits per heavy atom. The molecule has 7 nitrogen and oxygen atoms in total. The second-order valence-electron chi connectivity index (χ2n) is 8.57. The summed E-state index contributed by atoms with van der Waals surface area (Å²) in [6, 6.07) is 14.5. The van der Waals surface area contributed by atoms with Gasteiger partial charge in [-0.2, -0.15) is 0 Å². The summed E-state index contributed by atoms with van der Waals surface area (Å²) in [6.45, 7) is 5.99. The van der Waals surface area contributed by atoms with Gasteiger partial charge in [0.15, 0.2) is 0 Å². The van der Waals surface area contributed by atoms with Crippen molar-refractivity contribution < 1.29 is 19.1 Å². The first kappa shape index (κ1) is 22.5. The van der Waals surface area contributed by atoms with Crippen LogP contribution in [-0.2, 0) is 9.53 Å². The first-order valence-electron chi connectivity index (χ1n) is 10.6.